The molecule has 278 valence electrons. The van der Waals surface area contributed by atoms with Gasteiger partial charge in [-0.1, -0.05) is 105 Å². The minimum Gasteiger partial charge on any atom is -0.547 e. The van der Waals surface area contributed by atoms with E-state index in [1.54, 1.807) is 18.2 Å². The highest BCUT2D eigenvalue weighted by atomic mass is 16.6. The van der Waals surface area contributed by atoms with Gasteiger partial charge in [-0.2, -0.15) is 0 Å². The van der Waals surface area contributed by atoms with Crippen LogP contribution in [-0.2, 0) is 23.8 Å². The number of rotatable bonds is 11. The number of carboxylic acids is 1. The number of aliphatic hydroxyl groups excluding tert-OH is 2. The van der Waals surface area contributed by atoms with Gasteiger partial charge >= 0.3 is 5.97 Å². The van der Waals surface area contributed by atoms with Crippen molar-refractivity contribution in [3.05, 3.63) is 84.1 Å². The lowest BCUT2D eigenvalue weighted by Gasteiger charge is -2.47. The molecule has 0 aromatic carbocycles. The summed E-state index contributed by atoms with van der Waals surface area (Å²) in [5.74, 6) is -2.13. The summed E-state index contributed by atoms with van der Waals surface area (Å²) in [5, 5.41) is 44.3. The number of hydrogen-bond donors (Lipinski definition) is 3. The lowest BCUT2D eigenvalue weighted by atomic mass is 9.72. The number of esters is 1. The zero-order chi connectivity index (χ0) is 36.9. The van der Waals surface area contributed by atoms with E-state index in [4.69, 9.17) is 14.2 Å². The number of carboxylic acid groups (broad SMARTS) is 1. The quantitative estimate of drug-likeness (QED) is 0.188. The van der Waals surface area contributed by atoms with Gasteiger partial charge in [-0.15, -0.1) is 0 Å². The molecule has 3 heterocycles. The van der Waals surface area contributed by atoms with Crippen LogP contribution in [0.25, 0.3) is 0 Å². The van der Waals surface area contributed by atoms with E-state index in [9.17, 15) is 30.0 Å². The summed E-state index contributed by atoms with van der Waals surface area (Å²) in [6.45, 7) is 13.3. The van der Waals surface area contributed by atoms with E-state index < -0.39 is 47.4 Å². The minimum atomic E-state index is -2.09. The van der Waals surface area contributed by atoms with Gasteiger partial charge in [0, 0.05) is 37.7 Å². The third-order valence-electron chi connectivity index (χ3n) is 10.2. The van der Waals surface area contributed by atoms with Gasteiger partial charge in [0.25, 0.3) is 0 Å². The summed E-state index contributed by atoms with van der Waals surface area (Å²) in [6.07, 6.45) is 20.4. The van der Waals surface area contributed by atoms with Crippen molar-refractivity contribution in [3.8, 4) is 0 Å². The normalized spacial score (nSPS) is 32.5. The van der Waals surface area contributed by atoms with E-state index in [2.05, 4.69) is 12.7 Å². The number of unbranched alkanes of at least 4 members (excludes halogenated alkanes) is 1. The smallest absolute Gasteiger partial charge is 0.331 e. The van der Waals surface area contributed by atoms with Crippen LogP contribution in [0.5, 0.6) is 0 Å². The molecular weight excluding hydrogens is 636 g/mol. The van der Waals surface area contributed by atoms with Crippen LogP contribution >= 0.6 is 0 Å². The summed E-state index contributed by atoms with van der Waals surface area (Å²) < 4.78 is 18.8. The Morgan fingerprint density at radius 1 is 1.18 bits per heavy atom. The number of carbonyl (C=O) groups excluding carboxylic acids is 2. The average molecular weight is 696 g/mol. The molecule has 0 amide bonds. The van der Waals surface area contributed by atoms with Crippen molar-refractivity contribution in [3.63, 3.8) is 0 Å². The molecule has 9 atom stereocenters. The molecule has 2 fully saturated rings. The van der Waals surface area contributed by atoms with Crippen molar-refractivity contribution in [2.75, 3.05) is 6.61 Å². The zero-order valence-corrected chi connectivity index (χ0v) is 30.6. The second-order valence-electron chi connectivity index (χ2n) is 14.7. The van der Waals surface area contributed by atoms with Crippen molar-refractivity contribution in [1.29, 1.82) is 0 Å². The van der Waals surface area contributed by atoms with E-state index in [0.29, 0.717) is 44.1 Å². The second-order valence-corrected chi connectivity index (χ2v) is 14.7. The number of aliphatic carboxylic acids is 1. The van der Waals surface area contributed by atoms with Crippen LogP contribution in [0.1, 0.15) is 98.8 Å². The SMILES string of the molecule is C=C(CCCC)C[C@@](O)(CC=C(C)C[C@@H]1O[C@@H]2C=CCC=CC(C)=C[C@@H]3O[C@H](CC=CC=CC(=O)O[C@H](C2)[C@@]1(C)CO)C[C@@H](O)[C@@H]3C)C(=O)[O-]. The Hall–Kier alpha value is -3.08. The molecule has 0 aromatic rings. The molecule has 9 heteroatoms. The molecule has 50 heavy (non-hydrogen) atoms. The van der Waals surface area contributed by atoms with Crippen molar-refractivity contribution in [2.45, 2.75) is 141 Å². The lowest BCUT2D eigenvalue weighted by molar-refractivity contribution is -0.324. The monoisotopic (exact) mass is 695 g/mol. The molecule has 3 N–H and O–H groups in total. The molecular formula is C41H59O9-. The maximum absolute atomic E-state index is 13.0. The molecule has 0 unspecified atom stereocenters. The molecule has 2 saturated heterocycles. The van der Waals surface area contributed by atoms with Crippen LogP contribution in [0.2, 0.25) is 0 Å². The fourth-order valence-electron chi connectivity index (χ4n) is 6.72. The van der Waals surface area contributed by atoms with Gasteiger partial charge in [-0.3, -0.25) is 0 Å². The van der Waals surface area contributed by atoms with Gasteiger partial charge in [0.05, 0.1) is 48.5 Å². The lowest BCUT2D eigenvalue weighted by Crippen LogP contribution is -2.55. The Bertz CT molecular complexity index is 1340. The van der Waals surface area contributed by atoms with E-state index in [-0.39, 0.29) is 37.6 Å². The topological polar surface area (TPSA) is 146 Å². The molecule has 3 aliphatic rings. The molecule has 0 aromatic heterocycles. The second kappa shape index (κ2) is 19.5. The van der Waals surface area contributed by atoms with Gasteiger partial charge in [-0.25, -0.2) is 4.79 Å². The van der Waals surface area contributed by atoms with E-state index in [1.165, 1.54) is 6.08 Å². The number of ether oxygens (including phenoxy) is 3. The maximum Gasteiger partial charge on any atom is 0.331 e. The first-order valence-corrected chi connectivity index (χ1v) is 18.1. The van der Waals surface area contributed by atoms with Crippen molar-refractivity contribution in [2.24, 2.45) is 11.3 Å². The highest BCUT2D eigenvalue weighted by Crippen LogP contribution is 2.42. The molecule has 0 radical (unpaired) electrons. The molecule has 0 aliphatic carbocycles. The fourth-order valence-corrected chi connectivity index (χ4v) is 6.72. The third-order valence-corrected chi connectivity index (χ3v) is 10.2. The first-order valence-electron chi connectivity index (χ1n) is 18.1. The summed E-state index contributed by atoms with van der Waals surface area (Å²) in [4.78, 5) is 25.0. The number of allylic oxidation sites excluding steroid dienone is 6. The third kappa shape index (κ3) is 12.0. The largest absolute Gasteiger partial charge is 0.547 e. The maximum atomic E-state index is 13.0. The first kappa shape index (κ1) is 41.3. The summed E-state index contributed by atoms with van der Waals surface area (Å²) in [7, 11) is 0. The molecule has 0 saturated carbocycles. The Labute approximate surface area is 298 Å². The molecule has 9 nitrogen and oxygen atoms in total. The van der Waals surface area contributed by atoms with Crippen LogP contribution in [0.4, 0.5) is 0 Å². The molecule has 3 rings (SSSR count). The molecule has 3 aliphatic heterocycles. The van der Waals surface area contributed by atoms with Gasteiger partial charge in [-0.05, 0) is 46.0 Å². The van der Waals surface area contributed by atoms with Gasteiger partial charge < -0.3 is 39.4 Å². The number of fused-ring (bicyclic) bond motifs is 4. The number of aliphatic hydroxyl groups is 3. The van der Waals surface area contributed by atoms with Crippen molar-refractivity contribution < 1.29 is 44.2 Å². The summed E-state index contributed by atoms with van der Waals surface area (Å²) >= 11 is 0. The Kier molecular flexibility index (Phi) is 16.1. The summed E-state index contributed by atoms with van der Waals surface area (Å²) in [6, 6.07) is 0. The Morgan fingerprint density at radius 2 is 1.94 bits per heavy atom. The van der Waals surface area contributed by atoms with Gasteiger partial charge in [0.2, 0.25) is 0 Å². The highest BCUT2D eigenvalue weighted by molar-refractivity contribution is 5.82. The summed E-state index contributed by atoms with van der Waals surface area (Å²) in [5.41, 5.74) is -0.602. The van der Waals surface area contributed by atoms with Crippen LogP contribution < -0.4 is 5.11 Å². The zero-order valence-electron chi connectivity index (χ0n) is 30.6. The predicted molar refractivity (Wildman–Crippen MR) is 193 cm³/mol. The Balaban J connectivity index is 1.85. The standard InChI is InChI=1S/C41H60O9/c1-7-8-15-30(4)26-41(47,39(45)46)21-20-29(3)23-36-40(6,27-42)37-25-33(49-36)18-12-9-11-16-28(2)22-35-31(5)34(43)24-32(48-35)17-13-10-14-19-38(44)50-37/h10-14,16,18-20,22,31-37,42-43,47H,4,7-9,15,17,21,23-27H2,1-3,5-6H3,(H,45,46)/p-1/t31-,32+,33+,34+,35-,36-,37+,40-,41-/m0/s1. The highest BCUT2D eigenvalue weighted by Gasteiger charge is 2.49. The van der Waals surface area contributed by atoms with Crippen LogP contribution in [0.15, 0.2) is 84.1 Å². The Morgan fingerprint density at radius 3 is 2.64 bits per heavy atom. The van der Waals surface area contributed by atoms with E-state index >= 15 is 0 Å². The number of carbonyl (C=O) groups is 2. The minimum absolute atomic E-state index is 0.0330. The van der Waals surface area contributed by atoms with Crippen LogP contribution in [0, 0.1) is 11.3 Å². The van der Waals surface area contributed by atoms with E-state index in [0.717, 1.165) is 24.0 Å². The molecule has 4 bridgehead atoms. The molecule has 0 spiro atoms. The van der Waals surface area contributed by atoms with Crippen molar-refractivity contribution in [1.82, 2.24) is 0 Å². The van der Waals surface area contributed by atoms with Gasteiger partial charge in [0.1, 0.15) is 11.7 Å². The van der Waals surface area contributed by atoms with Crippen LogP contribution in [-0.4, -0.2) is 76.1 Å². The fraction of sp³-hybridized carbons (Fsp3) is 0.610. The number of hydrogen-bond acceptors (Lipinski definition) is 9. The first-order chi connectivity index (χ1) is 23.7. The van der Waals surface area contributed by atoms with Crippen molar-refractivity contribution >= 4 is 11.9 Å². The predicted octanol–water partition coefficient (Wildman–Crippen LogP) is 5.52. The van der Waals surface area contributed by atoms with E-state index in [1.807, 2.05) is 65.0 Å². The van der Waals surface area contributed by atoms with Gasteiger partial charge in [0.15, 0.2) is 0 Å². The van der Waals surface area contributed by atoms with Crippen LogP contribution in [0.3, 0.4) is 0 Å². The average Bonchev–Trinajstić information content (AvgIpc) is 3.06.